The van der Waals surface area contributed by atoms with E-state index in [4.69, 9.17) is 4.74 Å². The second kappa shape index (κ2) is 6.36. The molecule has 24 heavy (non-hydrogen) atoms. The summed E-state index contributed by atoms with van der Waals surface area (Å²) in [4.78, 5) is 10.5. The molecule has 2 fully saturated rings. The van der Waals surface area contributed by atoms with E-state index in [1.807, 2.05) is 37.3 Å². The maximum absolute atomic E-state index is 14.0. The van der Waals surface area contributed by atoms with E-state index < -0.39 is 5.95 Å². The summed E-state index contributed by atoms with van der Waals surface area (Å²) in [5.74, 6) is 1.02. The summed E-state index contributed by atoms with van der Waals surface area (Å²) in [5.41, 5.74) is 1.10. The van der Waals surface area contributed by atoms with Gasteiger partial charge in [0.05, 0.1) is 18.7 Å². The number of hydrogen-bond donors (Lipinski definition) is 1. The van der Waals surface area contributed by atoms with Gasteiger partial charge in [0.25, 0.3) is 0 Å². The molecular formula is C18H21FN4O. The lowest BCUT2D eigenvalue weighted by molar-refractivity contribution is 0.191. The number of hydrogen-bond acceptors (Lipinski definition) is 5. The van der Waals surface area contributed by atoms with E-state index in [1.165, 1.54) is 18.9 Å². The first-order valence-corrected chi connectivity index (χ1v) is 8.41. The van der Waals surface area contributed by atoms with Gasteiger partial charge in [0, 0.05) is 6.07 Å². The number of anilines is 2. The number of nitrogens with zero attached hydrogens (tertiary/aromatic N) is 3. The molecule has 1 N–H and O–H groups in total. The van der Waals surface area contributed by atoms with E-state index in [0.717, 1.165) is 5.56 Å². The smallest absolute Gasteiger partial charge is 0.227 e. The molecule has 0 unspecified atom stereocenters. The molecule has 126 valence electrons. The van der Waals surface area contributed by atoms with Crippen molar-refractivity contribution in [2.45, 2.75) is 31.8 Å². The van der Waals surface area contributed by atoms with E-state index in [1.54, 1.807) is 0 Å². The Hall–Kier alpha value is -2.21. The molecule has 2 atom stereocenters. The van der Waals surface area contributed by atoms with Gasteiger partial charge in [0.15, 0.2) is 0 Å². The molecule has 0 radical (unpaired) electrons. The van der Waals surface area contributed by atoms with Crippen molar-refractivity contribution < 1.29 is 9.13 Å². The lowest BCUT2D eigenvalue weighted by Crippen LogP contribution is -2.33. The van der Waals surface area contributed by atoms with Crippen LogP contribution in [0.4, 0.5) is 16.2 Å². The Labute approximate surface area is 140 Å². The standard InChI is InChI=1S/C18H21FN4O/c1-12(13-5-3-2-4-6-13)20-18-21-16(19)9-17(22-18)23-11-24-10-15(23)14-7-8-14/h2-6,9,12,14-15H,7-8,10-11H2,1H3,(H,20,21,22)/t12-,15+/m0/s1. The molecule has 2 aliphatic rings. The number of rotatable bonds is 5. The lowest BCUT2D eigenvalue weighted by atomic mass is 10.1. The summed E-state index contributed by atoms with van der Waals surface area (Å²) in [7, 11) is 0. The third-order valence-corrected chi connectivity index (χ3v) is 4.71. The van der Waals surface area contributed by atoms with Crippen LogP contribution in [0.3, 0.4) is 0 Å². The van der Waals surface area contributed by atoms with Gasteiger partial charge in [-0.25, -0.2) is 0 Å². The molecule has 2 aromatic rings. The molecule has 1 aliphatic heterocycles. The minimum Gasteiger partial charge on any atom is -0.359 e. The molecule has 5 nitrogen and oxygen atoms in total. The Bertz CT molecular complexity index is 707. The molecular weight excluding hydrogens is 307 g/mol. The zero-order chi connectivity index (χ0) is 16.5. The number of ether oxygens (including phenoxy) is 1. The molecule has 1 saturated carbocycles. The summed E-state index contributed by atoms with van der Waals surface area (Å²) in [6, 6.07) is 11.7. The topological polar surface area (TPSA) is 50.3 Å². The number of halogens is 1. The summed E-state index contributed by atoms with van der Waals surface area (Å²) in [5, 5.41) is 3.19. The van der Waals surface area contributed by atoms with Gasteiger partial charge >= 0.3 is 0 Å². The summed E-state index contributed by atoms with van der Waals surface area (Å²) in [6.45, 7) is 3.17. The highest BCUT2D eigenvalue weighted by molar-refractivity contribution is 5.45. The van der Waals surface area contributed by atoms with E-state index in [0.29, 0.717) is 37.1 Å². The van der Waals surface area contributed by atoms with Crippen LogP contribution in [0.25, 0.3) is 0 Å². The van der Waals surface area contributed by atoms with Crippen molar-refractivity contribution in [1.29, 1.82) is 0 Å². The van der Waals surface area contributed by atoms with Crippen molar-refractivity contribution in [3.8, 4) is 0 Å². The third kappa shape index (κ3) is 3.19. The Balaban J connectivity index is 1.55. The molecule has 2 heterocycles. The van der Waals surface area contributed by atoms with Gasteiger partial charge in [-0.3, -0.25) is 0 Å². The van der Waals surface area contributed by atoms with Crippen molar-refractivity contribution in [1.82, 2.24) is 9.97 Å². The van der Waals surface area contributed by atoms with Crippen LogP contribution in [0.15, 0.2) is 36.4 Å². The largest absolute Gasteiger partial charge is 0.359 e. The van der Waals surface area contributed by atoms with Crippen LogP contribution in [0, 0.1) is 11.9 Å². The van der Waals surface area contributed by atoms with Crippen molar-refractivity contribution in [3.63, 3.8) is 0 Å². The van der Waals surface area contributed by atoms with Gasteiger partial charge in [-0.15, -0.1) is 0 Å². The monoisotopic (exact) mass is 328 g/mol. The predicted molar refractivity (Wildman–Crippen MR) is 90.3 cm³/mol. The minimum absolute atomic E-state index is 0.00472. The second-order valence-corrected chi connectivity index (χ2v) is 6.52. The fraction of sp³-hybridized carbons (Fsp3) is 0.444. The number of nitrogens with one attached hydrogen (secondary N) is 1. The first kappa shape index (κ1) is 15.3. The molecule has 1 aliphatic carbocycles. The van der Waals surface area contributed by atoms with Gasteiger partial charge in [0.2, 0.25) is 11.9 Å². The lowest BCUT2D eigenvalue weighted by Gasteiger charge is -2.24. The van der Waals surface area contributed by atoms with Crippen LogP contribution < -0.4 is 10.2 Å². The molecule has 1 aromatic heterocycles. The summed E-state index contributed by atoms with van der Waals surface area (Å²) < 4.78 is 19.6. The van der Waals surface area contributed by atoms with Crippen LogP contribution in [0.5, 0.6) is 0 Å². The highest BCUT2D eigenvalue weighted by Crippen LogP contribution is 2.39. The average molecular weight is 328 g/mol. The summed E-state index contributed by atoms with van der Waals surface area (Å²) in [6.07, 6.45) is 2.43. The zero-order valence-electron chi connectivity index (χ0n) is 13.7. The van der Waals surface area contributed by atoms with Crippen LogP contribution in [0.2, 0.25) is 0 Å². The first-order valence-electron chi connectivity index (χ1n) is 8.41. The fourth-order valence-electron chi connectivity index (χ4n) is 3.20. The number of benzene rings is 1. The van der Waals surface area contributed by atoms with E-state index in [9.17, 15) is 4.39 Å². The number of aromatic nitrogens is 2. The molecule has 4 rings (SSSR count). The second-order valence-electron chi connectivity index (χ2n) is 6.52. The van der Waals surface area contributed by atoms with Crippen LogP contribution >= 0.6 is 0 Å². The molecule has 0 spiro atoms. The van der Waals surface area contributed by atoms with E-state index in [2.05, 4.69) is 20.2 Å². The van der Waals surface area contributed by atoms with Crippen molar-refractivity contribution in [3.05, 3.63) is 47.9 Å². The van der Waals surface area contributed by atoms with Gasteiger partial charge in [-0.1, -0.05) is 30.3 Å². The zero-order valence-corrected chi connectivity index (χ0v) is 13.7. The summed E-state index contributed by atoms with van der Waals surface area (Å²) >= 11 is 0. The van der Waals surface area contributed by atoms with Gasteiger partial charge in [-0.2, -0.15) is 14.4 Å². The van der Waals surface area contributed by atoms with Crippen molar-refractivity contribution >= 4 is 11.8 Å². The quantitative estimate of drug-likeness (QED) is 0.853. The highest BCUT2D eigenvalue weighted by atomic mass is 19.1. The molecule has 1 saturated heterocycles. The maximum atomic E-state index is 14.0. The SMILES string of the molecule is C[C@H](Nc1nc(F)cc(N2COC[C@@H]2C2CC2)n1)c1ccccc1. The van der Waals surface area contributed by atoms with Gasteiger partial charge < -0.3 is 15.0 Å². The third-order valence-electron chi connectivity index (χ3n) is 4.71. The predicted octanol–water partition coefficient (Wildman–Crippen LogP) is 3.36. The average Bonchev–Trinajstić information content (AvgIpc) is 3.31. The first-order chi connectivity index (χ1) is 11.7. The Kier molecular flexibility index (Phi) is 4.06. The molecule has 1 aromatic carbocycles. The van der Waals surface area contributed by atoms with Crippen LogP contribution in [-0.4, -0.2) is 29.3 Å². The highest BCUT2D eigenvalue weighted by Gasteiger charge is 2.39. The Morgan fingerprint density at radius 3 is 2.79 bits per heavy atom. The van der Waals surface area contributed by atoms with Crippen molar-refractivity contribution in [2.24, 2.45) is 5.92 Å². The minimum atomic E-state index is -0.524. The van der Waals surface area contributed by atoms with Gasteiger partial charge in [0.1, 0.15) is 12.5 Å². The van der Waals surface area contributed by atoms with Crippen molar-refractivity contribution in [2.75, 3.05) is 23.6 Å². The maximum Gasteiger partial charge on any atom is 0.227 e. The Morgan fingerprint density at radius 2 is 2.04 bits per heavy atom. The molecule has 0 bridgehead atoms. The van der Waals surface area contributed by atoms with E-state index in [-0.39, 0.29) is 6.04 Å². The van der Waals surface area contributed by atoms with E-state index >= 15 is 0 Å². The normalized spacial score (nSPS) is 21.8. The molecule has 0 amide bonds. The van der Waals surface area contributed by atoms with Gasteiger partial charge in [-0.05, 0) is 31.2 Å². The Morgan fingerprint density at radius 1 is 1.25 bits per heavy atom. The van der Waals surface area contributed by atoms with Crippen LogP contribution in [0.1, 0.15) is 31.4 Å². The molecule has 6 heteroatoms. The fourth-order valence-corrected chi connectivity index (χ4v) is 3.20. The van der Waals surface area contributed by atoms with Crippen LogP contribution in [-0.2, 0) is 4.74 Å².